The van der Waals surface area contributed by atoms with Gasteiger partial charge in [0.25, 0.3) is 0 Å². The molecule has 9 heavy (non-hydrogen) atoms. The van der Waals surface area contributed by atoms with Crippen molar-refractivity contribution >= 4 is 12.4 Å². The zero-order valence-corrected chi connectivity index (χ0v) is 5.58. The molecule has 2 nitrogen and oxygen atoms in total. The fourth-order valence-electron chi connectivity index (χ4n) is 0.382. The molecule has 0 aliphatic carbocycles. The van der Waals surface area contributed by atoms with E-state index >= 15 is 0 Å². The minimum Gasteiger partial charge on any atom is -0.159 e. The molecule has 0 fully saturated rings. The lowest BCUT2D eigenvalue weighted by Gasteiger charge is -1.76. The van der Waals surface area contributed by atoms with Crippen molar-refractivity contribution in [1.29, 1.82) is 0 Å². The summed E-state index contributed by atoms with van der Waals surface area (Å²) in [6.07, 6.45) is 10.7. The fraction of sp³-hybridized carbons (Fsp3) is 0. The Kier molecular flexibility index (Phi) is 4.73. The number of nitrogens with zero attached hydrogens (tertiary/aromatic N) is 2. The van der Waals surface area contributed by atoms with Crippen molar-refractivity contribution in [3.05, 3.63) is 36.7 Å². The van der Waals surface area contributed by atoms with Gasteiger partial charge in [-0.25, -0.2) is 0 Å². The number of halogens is 1. The zero-order chi connectivity index (χ0) is 5.66. The van der Waals surface area contributed by atoms with Crippen LogP contribution in [-0.2, 0) is 0 Å². The van der Waals surface area contributed by atoms with Crippen LogP contribution in [0.15, 0.2) is 46.9 Å². The number of azo groups is 1. The van der Waals surface area contributed by atoms with E-state index in [1.165, 1.54) is 0 Å². The monoisotopic (exact) mass is 142 g/mol. The molecular formula is C6H7ClN2. The van der Waals surface area contributed by atoms with E-state index < -0.39 is 0 Å². The molecule has 0 unspecified atom stereocenters. The summed E-state index contributed by atoms with van der Waals surface area (Å²) in [6.45, 7) is 0. The maximum atomic E-state index is 3.64. The highest BCUT2D eigenvalue weighted by Gasteiger charge is 1.66. The molecule has 1 heterocycles. The minimum absolute atomic E-state index is 0. The number of rotatable bonds is 0. The second-order valence-corrected chi connectivity index (χ2v) is 1.30. The van der Waals surface area contributed by atoms with Crippen molar-refractivity contribution in [2.24, 2.45) is 10.2 Å². The normalized spacial score (nSPS) is 28.4. The largest absolute Gasteiger partial charge is 0.159 e. The first-order valence-corrected chi connectivity index (χ1v) is 2.38. The molecule has 1 rings (SSSR count). The van der Waals surface area contributed by atoms with E-state index in [0.29, 0.717) is 0 Å². The first-order chi connectivity index (χ1) is 4.00. The van der Waals surface area contributed by atoms with Crippen molar-refractivity contribution in [2.45, 2.75) is 0 Å². The highest BCUT2D eigenvalue weighted by molar-refractivity contribution is 5.85. The van der Waals surface area contributed by atoms with Crippen LogP contribution in [-0.4, -0.2) is 0 Å². The predicted molar refractivity (Wildman–Crippen MR) is 39.5 cm³/mol. The Labute approximate surface area is 60.1 Å². The SMILES string of the molecule is C1=C\C=C/N=N\C=C/1.Cl. The summed E-state index contributed by atoms with van der Waals surface area (Å²) >= 11 is 0. The van der Waals surface area contributed by atoms with Gasteiger partial charge in [0.05, 0.1) is 0 Å². The number of hydrogen-bond donors (Lipinski definition) is 0. The Morgan fingerprint density at radius 1 is 0.667 bits per heavy atom. The average molecular weight is 143 g/mol. The lowest BCUT2D eigenvalue weighted by Crippen LogP contribution is -1.54. The first kappa shape index (κ1) is 8.11. The van der Waals surface area contributed by atoms with Crippen LogP contribution in [0.1, 0.15) is 0 Å². The highest BCUT2D eigenvalue weighted by Crippen LogP contribution is 1.87. The Morgan fingerprint density at radius 3 is 1.56 bits per heavy atom. The average Bonchev–Trinajstić information content (AvgIpc) is 1.62. The molecule has 0 aromatic carbocycles. The van der Waals surface area contributed by atoms with Gasteiger partial charge in [0.2, 0.25) is 0 Å². The van der Waals surface area contributed by atoms with Gasteiger partial charge >= 0.3 is 0 Å². The summed E-state index contributed by atoms with van der Waals surface area (Å²) in [5.74, 6) is 0. The second-order valence-electron chi connectivity index (χ2n) is 1.30. The molecule has 0 atom stereocenters. The van der Waals surface area contributed by atoms with Crippen molar-refractivity contribution in [3.8, 4) is 0 Å². The summed E-state index contributed by atoms with van der Waals surface area (Å²) in [6, 6.07) is 0. The van der Waals surface area contributed by atoms with Crippen LogP contribution < -0.4 is 0 Å². The third-order valence-electron chi connectivity index (χ3n) is 0.705. The molecule has 0 aromatic rings. The van der Waals surface area contributed by atoms with Gasteiger partial charge in [-0.1, -0.05) is 12.2 Å². The van der Waals surface area contributed by atoms with Crippen molar-refractivity contribution in [2.75, 3.05) is 0 Å². The van der Waals surface area contributed by atoms with Gasteiger partial charge in [-0.05, 0) is 12.2 Å². The molecule has 0 saturated heterocycles. The zero-order valence-electron chi connectivity index (χ0n) is 4.77. The standard InChI is InChI=1S/C6H6N2.ClH/c1-2-4-6-8-7-5-3-1;/h1-6H;1H/b2-1-,3-1?,4-2?,5-3-,6-4-,7-5?,8-6?,8-7-;. The van der Waals surface area contributed by atoms with E-state index in [1.807, 2.05) is 24.3 Å². The van der Waals surface area contributed by atoms with E-state index in [-0.39, 0.29) is 12.4 Å². The molecule has 0 saturated carbocycles. The summed E-state index contributed by atoms with van der Waals surface area (Å²) in [5, 5.41) is 7.27. The Hall–Kier alpha value is -0.890. The molecule has 1 aliphatic heterocycles. The van der Waals surface area contributed by atoms with Crippen LogP contribution in [0.4, 0.5) is 0 Å². The molecule has 0 bridgehead atoms. The van der Waals surface area contributed by atoms with Crippen LogP contribution in [0.3, 0.4) is 0 Å². The summed E-state index contributed by atoms with van der Waals surface area (Å²) in [4.78, 5) is 0. The highest BCUT2D eigenvalue weighted by atomic mass is 35.5. The first-order valence-electron chi connectivity index (χ1n) is 2.38. The smallest absolute Gasteiger partial charge is 0.0495 e. The lowest BCUT2D eigenvalue weighted by molar-refractivity contribution is 1.22. The third-order valence-corrected chi connectivity index (χ3v) is 0.705. The van der Waals surface area contributed by atoms with Gasteiger partial charge in [0, 0.05) is 12.4 Å². The third kappa shape index (κ3) is 3.67. The number of hydrogen-bond acceptors (Lipinski definition) is 2. The second kappa shape index (κ2) is 5.25. The van der Waals surface area contributed by atoms with E-state index in [1.54, 1.807) is 12.4 Å². The molecule has 48 valence electrons. The van der Waals surface area contributed by atoms with Crippen LogP contribution >= 0.6 is 12.4 Å². The molecule has 0 radical (unpaired) electrons. The van der Waals surface area contributed by atoms with Gasteiger partial charge in [0.15, 0.2) is 0 Å². The molecular weight excluding hydrogens is 136 g/mol. The number of allylic oxidation sites excluding steroid dienone is 4. The summed E-state index contributed by atoms with van der Waals surface area (Å²) < 4.78 is 0. The Bertz CT molecular complexity index is 112. The summed E-state index contributed by atoms with van der Waals surface area (Å²) in [7, 11) is 0. The minimum atomic E-state index is 0. The van der Waals surface area contributed by atoms with Gasteiger partial charge in [-0.3, -0.25) is 0 Å². The van der Waals surface area contributed by atoms with Gasteiger partial charge < -0.3 is 0 Å². The van der Waals surface area contributed by atoms with Crippen LogP contribution in [0, 0.1) is 0 Å². The Balaban J connectivity index is 0.000000640. The maximum Gasteiger partial charge on any atom is 0.0495 e. The topological polar surface area (TPSA) is 24.7 Å². The fourth-order valence-corrected chi connectivity index (χ4v) is 0.382. The summed E-state index contributed by atoms with van der Waals surface area (Å²) in [5.41, 5.74) is 0. The van der Waals surface area contributed by atoms with E-state index in [9.17, 15) is 0 Å². The molecule has 0 aromatic heterocycles. The molecule has 0 spiro atoms. The predicted octanol–water partition coefficient (Wildman–Crippen LogP) is 2.46. The van der Waals surface area contributed by atoms with E-state index in [0.717, 1.165) is 0 Å². The van der Waals surface area contributed by atoms with E-state index in [2.05, 4.69) is 10.2 Å². The van der Waals surface area contributed by atoms with Crippen LogP contribution in [0.2, 0.25) is 0 Å². The Morgan fingerprint density at radius 2 is 1.11 bits per heavy atom. The van der Waals surface area contributed by atoms with Crippen molar-refractivity contribution in [3.63, 3.8) is 0 Å². The van der Waals surface area contributed by atoms with Gasteiger partial charge in [-0.15, -0.1) is 12.4 Å². The van der Waals surface area contributed by atoms with Crippen LogP contribution in [0.25, 0.3) is 0 Å². The van der Waals surface area contributed by atoms with Gasteiger partial charge in [0.1, 0.15) is 0 Å². The molecule has 0 N–H and O–H groups in total. The quantitative estimate of drug-likeness (QED) is 0.497. The molecule has 1 aliphatic rings. The van der Waals surface area contributed by atoms with E-state index in [4.69, 9.17) is 0 Å². The van der Waals surface area contributed by atoms with Crippen molar-refractivity contribution in [1.82, 2.24) is 0 Å². The molecule has 0 amide bonds. The van der Waals surface area contributed by atoms with Crippen molar-refractivity contribution < 1.29 is 0 Å². The lowest BCUT2D eigenvalue weighted by atomic mass is 10.4. The maximum absolute atomic E-state index is 3.64. The van der Waals surface area contributed by atoms with Gasteiger partial charge in [-0.2, -0.15) is 10.2 Å². The molecule has 3 heteroatoms. The van der Waals surface area contributed by atoms with Crippen LogP contribution in [0.5, 0.6) is 0 Å².